The van der Waals surface area contributed by atoms with Gasteiger partial charge in [0.25, 0.3) is 0 Å². The number of rotatable bonds is 5. The molecule has 0 atom stereocenters. The first kappa shape index (κ1) is 19.1. The van der Waals surface area contributed by atoms with Gasteiger partial charge in [0.1, 0.15) is 16.5 Å². The zero-order valence-corrected chi connectivity index (χ0v) is 18.8. The van der Waals surface area contributed by atoms with Crippen LogP contribution in [0.1, 0.15) is 0 Å². The predicted octanol–water partition coefficient (Wildman–Crippen LogP) is 9.38. The van der Waals surface area contributed by atoms with Crippen molar-refractivity contribution in [3.8, 4) is 11.5 Å². The van der Waals surface area contributed by atoms with Gasteiger partial charge in [-0.1, -0.05) is 54.6 Å². The number of hydrogen-bond donors (Lipinski definition) is 0. The molecular weight excluding hydrogens is 430 g/mol. The van der Waals surface area contributed by atoms with Crippen LogP contribution in [0.3, 0.4) is 0 Å². The van der Waals surface area contributed by atoms with Crippen molar-refractivity contribution in [2.75, 3.05) is 4.90 Å². The number of benzene rings is 4. The summed E-state index contributed by atoms with van der Waals surface area (Å²) in [4.78, 5) is 2.29. The van der Waals surface area contributed by atoms with E-state index in [2.05, 4.69) is 107 Å². The van der Waals surface area contributed by atoms with Crippen molar-refractivity contribution in [3.63, 3.8) is 0 Å². The highest BCUT2D eigenvalue weighted by molar-refractivity contribution is 7.23. The Morgan fingerprint density at radius 2 is 1.38 bits per heavy atom. The van der Waals surface area contributed by atoms with Crippen molar-refractivity contribution in [1.82, 2.24) is 0 Å². The Morgan fingerprint density at radius 3 is 2.25 bits per heavy atom. The van der Waals surface area contributed by atoms with E-state index in [0.717, 1.165) is 28.3 Å². The van der Waals surface area contributed by atoms with E-state index in [9.17, 15) is 0 Å². The third-order valence-corrected chi connectivity index (χ3v) is 7.44. The summed E-state index contributed by atoms with van der Waals surface area (Å²) in [6.45, 7) is 0. The molecule has 6 rings (SSSR count). The standard InChI is InChI=1S/C28H19NOS2/c1-2-10-21(11-3-1)29(28-17-20-9-4-6-15-26(20)32-28)22-12-8-13-23(18-22)30-25-19-31-27-16-7-5-14-24(25)27/h1-19H. The molecule has 6 aromatic rings. The Morgan fingerprint density at radius 1 is 0.625 bits per heavy atom. The summed E-state index contributed by atoms with van der Waals surface area (Å²) in [5, 5.41) is 5.66. The van der Waals surface area contributed by atoms with Gasteiger partial charge in [-0.3, -0.25) is 0 Å². The van der Waals surface area contributed by atoms with Gasteiger partial charge in [0.2, 0.25) is 0 Å². The maximum Gasteiger partial charge on any atom is 0.145 e. The predicted molar refractivity (Wildman–Crippen MR) is 138 cm³/mol. The molecule has 32 heavy (non-hydrogen) atoms. The second kappa shape index (κ2) is 8.15. The minimum absolute atomic E-state index is 0.827. The number of ether oxygens (including phenoxy) is 1. The zero-order valence-electron chi connectivity index (χ0n) is 17.1. The minimum atomic E-state index is 0.827. The Kier molecular flexibility index (Phi) is 4.87. The number of fused-ring (bicyclic) bond motifs is 2. The number of nitrogens with zero attached hydrogens (tertiary/aromatic N) is 1. The molecule has 0 radical (unpaired) electrons. The first-order valence-corrected chi connectivity index (χ1v) is 12.1. The van der Waals surface area contributed by atoms with Crippen LogP contribution in [-0.4, -0.2) is 0 Å². The average Bonchev–Trinajstić information content (AvgIpc) is 3.45. The van der Waals surface area contributed by atoms with Crippen LogP contribution in [0.4, 0.5) is 16.4 Å². The highest BCUT2D eigenvalue weighted by Gasteiger charge is 2.16. The van der Waals surface area contributed by atoms with Crippen molar-refractivity contribution in [2.45, 2.75) is 0 Å². The fourth-order valence-electron chi connectivity index (χ4n) is 3.90. The van der Waals surface area contributed by atoms with Crippen molar-refractivity contribution in [2.24, 2.45) is 0 Å². The van der Waals surface area contributed by atoms with Crippen LogP contribution in [0, 0.1) is 0 Å². The average molecular weight is 450 g/mol. The molecule has 0 N–H and O–H groups in total. The molecule has 4 heteroatoms. The molecule has 0 saturated heterocycles. The van der Waals surface area contributed by atoms with Gasteiger partial charge < -0.3 is 9.64 Å². The van der Waals surface area contributed by atoms with Gasteiger partial charge in [-0.05, 0) is 53.9 Å². The number of para-hydroxylation sites is 1. The smallest absolute Gasteiger partial charge is 0.145 e. The zero-order chi connectivity index (χ0) is 21.3. The Labute approximate surface area is 194 Å². The maximum atomic E-state index is 6.34. The van der Waals surface area contributed by atoms with Crippen LogP contribution in [0.5, 0.6) is 11.5 Å². The molecule has 154 valence electrons. The highest BCUT2D eigenvalue weighted by atomic mass is 32.1. The van der Waals surface area contributed by atoms with E-state index in [1.54, 1.807) is 22.7 Å². The minimum Gasteiger partial charge on any atom is -0.456 e. The Hall–Kier alpha value is -3.60. The Bertz CT molecular complexity index is 1480. The lowest BCUT2D eigenvalue weighted by Gasteiger charge is -2.24. The normalized spacial score (nSPS) is 11.1. The van der Waals surface area contributed by atoms with Crippen LogP contribution in [0.25, 0.3) is 20.2 Å². The third kappa shape index (κ3) is 3.54. The van der Waals surface area contributed by atoms with E-state index in [-0.39, 0.29) is 0 Å². The van der Waals surface area contributed by atoms with Gasteiger partial charge in [-0.2, -0.15) is 0 Å². The monoisotopic (exact) mass is 449 g/mol. The first-order chi connectivity index (χ1) is 15.8. The van der Waals surface area contributed by atoms with Crippen molar-refractivity contribution < 1.29 is 4.74 Å². The lowest BCUT2D eigenvalue weighted by Crippen LogP contribution is -2.08. The molecule has 2 aromatic heterocycles. The molecular formula is C28H19NOS2. The number of anilines is 3. The van der Waals surface area contributed by atoms with Crippen molar-refractivity contribution in [3.05, 3.63) is 115 Å². The quantitative estimate of drug-likeness (QED) is 0.260. The van der Waals surface area contributed by atoms with Crippen LogP contribution >= 0.6 is 22.7 Å². The van der Waals surface area contributed by atoms with Crippen LogP contribution in [-0.2, 0) is 0 Å². The molecule has 0 aliphatic heterocycles. The highest BCUT2D eigenvalue weighted by Crippen LogP contribution is 2.43. The lowest BCUT2D eigenvalue weighted by molar-refractivity contribution is 0.490. The van der Waals surface area contributed by atoms with Gasteiger partial charge in [0, 0.05) is 31.9 Å². The van der Waals surface area contributed by atoms with E-state index in [1.807, 2.05) is 12.1 Å². The van der Waals surface area contributed by atoms with Gasteiger partial charge in [0.05, 0.1) is 5.69 Å². The summed E-state index contributed by atoms with van der Waals surface area (Å²) in [5.41, 5.74) is 2.19. The second-order valence-corrected chi connectivity index (χ2v) is 9.46. The molecule has 0 aliphatic carbocycles. The molecule has 0 spiro atoms. The first-order valence-electron chi connectivity index (χ1n) is 10.4. The van der Waals surface area contributed by atoms with E-state index in [0.29, 0.717) is 0 Å². The summed E-state index contributed by atoms with van der Waals surface area (Å²) < 4.78 is 8.85. The van der Waals surface area contributed by atoms with E-state index in [4.69, 9.17) is 4.74 Å². The van der Waals surface area contributed by atoms with Gasteiger partial charge >= 0.3 is 0 Å². The summed E-state index contributed by atoms with van der Waals surface area (Å²) in [5.74, 6) is 1.73. The molecule has 0 amide bonds. The van der Waals surface area contributed by atoms with E-state index < -0.39 is 0 Å². The van der Waals surface area contributed by atoms with Gasteiger partial charge in [0.15, 0.2) is 0 Å². The summed E-state index contributed by atoms with van der Waals surface area (Å²) >= 11 is 3.50. The van der Waals surface area contributed by atoms with Crippen molar-refractivity contribution in [1.29, 1.82) is 0 Å². The molecule has 2 heterocycles. The second-order valence-electron chi connectivity index (χ2n) is 7.49. The van der Waals surface area contributed by atoms with Crippen molar-refractivity contribution >= 4 is 59.2 Å². The topological polar surface area (TPSA) is 12.5 Å². The van der Waals surface area contributed by atoms with Crippen LogP contribution < -0.4 is 9.64 Å². The van der Waals surface area contributed by atoms with Gasteiger partial charge in [-0.25, -0.2) is 0 Å². The molecule has 0 bridgehead atoms. The summed E-state index contributed by atoms with van der Waals surface area (Å²) in [7, 11) is 0. The Balaban J connectivity index is 1.43. The molecule has 2 nitrogen and oxygen atoms in total. The lowest BCUT2D eigenvalue weighted by atomic mass is 10.2. The summed E-state index contributed by atoms with van der Waals surface area (Å²) in [6.07, 6.45) is 0. The maximum absolute atomic E-state index is 6.34. The van der Waals surface area contributed by atoms with Gasteiger partial charge in [-0.15, -0.1) is 22.7 Å². The molecule has 0 saturated carbocycles. The molecule has 0 fully saturated rings. The van der Waals surface area contributed by atoms with E-state index in [1.165, 1.54) is 19.8 Å². The van der Waals surface area contributed by atoms with Crippen LogP contribution in [0.2, 0.25) is 0 Å². The van der Waals surface area contributed by atoms with Crippen LogP contribution in [0.15, 0.2) is 115 Å². The number of hydrogen-bond acceptors (Lipinski definition) is 4. The largest absolute Gasteiger partial charge is 0.456 e. The number of thiophene rings is 2. The molecule has 0 aliphatic rings. The SMILES string of the molecule is c1ccc(N(c2cccc(Oc3csc4ccccc34)c2)c2cc3ccccc3s2)cc1. The fourth-order valence-corrected chi connectivity index (χ4v) is 5.87. The molecule has 0 unspecified atom stereocenters. The fraction of sp³-hybridized carbons (Fsp3) is 0. The third-order valence-electron chi connectivity index (χ3n) is 5.40. The van der Waals surface area contributed by atoms with E-state index >= 15 is 0 Å². The summed E-state index contributed by atoms with van der Waals surface area (Å²) in [6, 6.07) is 37.9. The molecule has 4 aromatic carbocycles.